The standard InChI is InChI=1S/C7H11NO4/c1-10-6(8-5-9)4-7(6,11-2)12-3/h4H2,1-3H3. The first-order chi connectivity index (χ1) is 5.70. The number of isocyanates is 1. The van der Waals surface area contributed by atoms with Crippen LogP contribution >= 0.6 is 0 Å². The summed E-state index contributed by atoms with van der Waals surface area (Å²) in [7, 11) is 4.40. The highest BCUT2D eigenvalue weighted by molar-refractivity contribution is 5.37. The second-order valence-corrected chi connectivity index (χ2v) is 2.53. The maximum absolute atomic E-state index is 10.1. The Morgan fingerprint density at radius 2 is 1.83 bits per heavy atom. The fourth-order valence-electron chi connectivity index (χ4n) is 1.29. The molecule has 1 unspecified atom stereocenters. The Hall–Kier alpha value is -0.740. The zero-order chi connectivity index (χ0) is 9.24. The van der Waals surface area contributed by atoms with E-state index in [1.807, 2.05) is 0 Å². The Kier molecular flexibility index (Phi) is 2.30. The van der Waals surface area contributed by atoms with Gasteiger partial charge in [-0.25, -0.2) is 4.79 Å². The summed E-state index contributed by atoms with van der Waals surface area (Å²) in [5.41, 5.74) is -0.988. The van der Waals surface area contributed by atoms with E-state index in [1.165, 1.54) is 27.4 Å². The third kappa shape index (κ3) is 0.990. The van der Waals surface area contributed by atoms with Gasteiger partial charge < -0.3 is 14.2 Å². The summed E-state index contributed by atoms with van der Waals surface area (Å²) in [4.78, 5) is 13.6. The lowest BCUT2D eigenvalue weighted by molar-refractivity contribution is -0.179. The van der Waals surface area contributed by atoms with Crippen molar-refractivity contribution in [2.75, 3.05) is 21.3 Å². The molecule has 1 atom stereocenters. The molecule has 68 valence electrons. The monoisotopic (exact) mass is 173 g/mol. The molecule has 0 heterocycles. The summed E-state index contributed by atoms with van der Waals surface area (Å²) >= 11 is 0. The Balaban J connectivity index is 2.82. The molecule has 5 nitrogen and oxygen atoms in total. The average molecular weight is 173 g/mol. The highest BCUT2D eigenvalue weighted by atomic mass is 16.7. The maximum atomic E-state index is 10.1. The minimum atomic E-state index is -0.988. The first kappa shape index (κ1) is 9.35. The fourth-order valence-corrected chi connectivity index (χ4v) is 1.29. The van der Waals surface area contributed by atoms with E-state index in [4.69, 9.17) is 14.2 Å². The van der Waals surface area contributed by atoms with Crippen LogP contribution < -0.4 is 0 Å². The van der Waals surface area contributed by atoms with E-state index < -0.39 is 11.5 Å². The Morgan fingerprint density at radius 1 is 1.25 bits per heavy atom. The molecule has 0 saturated heterocycles. The number of aliphatic imine (C=N–C) groups is 1. The molecule has 1 aliphatic carbocycles. The molecule has 1 aliphatic rings. The molecule has 0 spiro atoms. The Bertz CT molecular complexity index is 219. The molecule has 1 rings (SSSR count). The van der Waals surface area contributed by atoms with Gasteiger partial charge in [0.1, 0.15) is 0 Å². The van der Waals surface area contributed by atoms with Crippen molar-refractivity contribution >= 4 is 6.08 Å². The molecule has 0 radical (unpaired) electrons. The van der Waals surface area contributed by atoms with Crippen molar-refractivity contribution in [3.8, 4) is 0 Å². The van der Waals surface area contributed by atoms with E-state index >= 15 is 0 Å². The molecule has 0 aromatic heterocycles. The molecule has 5 heteroatoms. The van der Waals surface area contributed by atoms with Gasteiger partial charge in [0.25, 0.3) is 0 Å². The average Bonchev–Trinajstić information content (AvgIpc) is 2.76. The zero-order valence-corrected chi connectivity index (χ0v) is 7.29. The summed E-state index contributed by atoms with van der Waals surface area (Å²) in [5, 5.41) is 0. The molecule has 0 N–H and O–H groups in total. The summed E-state index contributed by atoms with van der Waals surface area (Å²) in [5.74, 6) is -0.904. The van der Waals surface area contributed by atoms with Crippen molar-refractivity contribution in [2.45, 2.75) is 17.9 Å². The predicted molar refractivity (Wildman–Crippen MR) is 39.2 cm³/mol. The van der Waals surface area contributed by atoms with Crippen LogP contribution in [-0.2, 0) is 19.0 Å². The van der Waals surface area contributed by atoms with Gasteiger partial charge in [-0.1, -0.05) is 0 Å². The number of carbonyl (C=O) groups excluding carboxylic acids is 1. The van der Waals surface area contributed by atoms with E-state index in [0.29, 0.717) is 6.42 Å². The molecule has 0 bridgehead atoms. The van der Waals surface area contributed by atoms with Crippen LogP contribution in [0.5, 0.6) is 0 Å². The van der Waals surface area contributed by atoms with Crippen LogP contribution in [0.15, 0.2) is 4.99 Å². The van der Waals surface area contributed by atoms with Crippen LogP contribution in [0.4, 0.5) is 0 Å². The van der Waals surface area contributed by atoms with E-state index in [1.54, 1.807) is 0 Å². The lowest BCUT2D eigenvalue weighted by Crippen LogP contribution is -2.29. The van der Waals surface area contributed by atoms with Crippen molar-refractivity contribution in [2.24, 2.45) is 4.99 Å². The van der Waals surface area contributed by atoms with E-state index in [0.717, 1.165) is 0 Å². The summed E-state index contributed by atoms with van der Waals surface area (Å²) < 4.78 is 15.1. The van der Waals surface area contributed by atoms with Crippen molar-refractivity contribution < 1.29 is 19.0 Å². The van der Waals surface area contributed by atoms with Crippen LogP contribution in [0, 0.1) is 0 Å². The number of hydrogen-bond donors (Lipinski definition) is 0. The molecular weight excluding hydrogens is 162 g/mol. The number of ether oxygens (including phenoxy) is 3. The highest BCUT2D eigenvalue weighted by Gasteiger charge is 2.73. The van der Waals surface area contributed by atoms with E-state index in [9.17, 15) is 4.79 Å². The van der Waals surface area contributed by atoms with Gasteiger partial charge in [0.2, 0.25) is 17.6 Å². The van der Waals surface area contributed by atoms with E-state index in [2.05, 4.69) is 4.99 Å². The van der Waals surface area contributed by atoms with Crippen LogP contribution in [-0.4, -0.2) is 38.9 Å². The molecule has 0 amide bonds. The topological polar surface area (TPSA) is 57.1 Å². The van der Waals surface area contributed by atoms with Crippen molar-refractivity contribution in [1.82, 2.24) is 0 Å². The van der Waals surface area contributed by atoms with Crippen LogP contribution in [0.1, 0.15) is 6.42 Å². The molecule has 0 aromatic rings. The Labute approximate surface area is 70.3 Å². The molecular formula is C7H11NO4. The van der Waals surface area contributed by atoms with Gasteiger partial charge in [-0.15, -0.1) is 0 Å². The van der Waals surface area contributed by atoms with E-state index in [-0.39, 0.29) is 0 Å². The quantitative estimate of drug-likeness (QED) is 0.342. The first-order valence-corrected chi connectivity index (χ1v) is 3.45. The minimum absolute atomic E-state index is 0.415. The second-order valence-electron chi connectivity index (χ2n) is 2.53. The molecule has 1 saturated carbocycles. The third-order valence-electron chi connectivity index (χ3n) is 2.17. The van der Waals surface area contributed by atoms with Gasteiger partial charge in [-0.3, -0.25) is 0 Å². The van der Waals surface area contributed by atoms with Gasteiger partial charge >= 0.3 is 0 Å². The van der Waals surface area contributed by atoms with Crippen LogP contribution in [0.2, 0.25) is 0 Å². The molecule has 0 aromatic carbocycles. The van der Waals surface area contributed by atoms with Gasteiger partial charge in [0.15, 0.2) is 0 Å². The van der Waals surface area contributed by atoms with Crippen molar-refractivity contribution in [3.05, 3.63) is 0 Å². The zero-order valence-electron chi connectivity index (χ0n) is 7.29. The first-order valence-electron chi connectivity index (χ1n) is 3.45. The highest BCUT2D eigenvalue weighted by Crippen LogP contribution is 2.54. The normalized spacial score (nSPS) is 30.9. The maximum Gasteiger partial charge on any atom is 0.238 e. The second kappa shape index (κ2) is 2.95. The van der Waals surface area contributed by atoms with Gasteiger partial charge in [-0.2, -0.15) is 4.99 Å². The fraction of sp³-hybridized carbons (Fsp3) is 0.857. The molecule has 12 heavy (non-hydrogen) atoms. The number of hydrogen-bond acceptors (Lipinski definition) is 5. The molecule has 1 fully saturated rings. The summed E-state index contributed by atoms with van der Waals surface area (Å²) in [6.07, 6.45) is 1.85. The largest absolute Gasteiger partial charge is 0.352 e. The Morgan fingerprint density at radius 3 is 2.08 bits per heavy atom. The van der Waals surface area contributed by atoms with Gasteiger partial charge in [0.05, 0.1) is 6.42 Å². The lowest BCUT2D eigenvalue weighted by atomic mass is 10.5. The SMILES string of the molecule is COC1(N=C=O)CC1(OC)OC. The number of rotatable bonds is 4. The van der Waals surface area contributed by atoms with Crippen LogP contribution in [0.3, 0.4) is 0 Å². The molecule has 0 aliphatic heterocycles. The third-order valence-corrected chi connectivity index (χ3v) is 2.17. The van der Waals surface area contributed by atoms with Crippen LogP contribution in [0.25, 0.3) is 0 Å². The summed E-state index contributed by atoms with van der Waals surface area (Å²) in [6.45, 7) is 0. The number of methoxy groups -OCH3 is 3. The lowest BCUT2D eigenvalue weighted by Gasteiger charge is -2.16. The van der Waals surface area contributed by atoms with Gasteiger partial charge in [-0.05, 0) is 0 Å². The smallest absolute Gasteiger partial charge is 0.238 e. The van der Waals surface area contributed by atoms with Crippen molar-refractivity contribution in [1.29, 1.82) is 0 Å². The van der Waals surface area contributed by atoms with Crippen molar-refractivity contribution in [3.63, 3.8) is 0 Å². The minimum Gasteiger partial charge on any atom is -0.352 e. The van der Waals surface area contributed by atoms with Gasteiger partial charge in [0, 0.05) is 21.3 Å². The predicted octanol–water partition coefficient (Wildman–Crippen LogP) is 0.0577. The number of nitrogens with zero attached hydrogens (tertiary/aromatic N) is 1. The summed E-state index contributed by atoms with van der Waals surface area (Å²) in [6, 6.07) is 0.